The molecule has 0 bridgehead atoms. The van der Waals surface area contributed by atoms with E-state index in [1.165, 1.54) is 27.7 Å². The van der Waals surface area contributed by atoms with Crippen molar-refractivity contribution in [2.45, 2.75) is 110 Å². The summed E-state index contributed by atoms with van der Waals surface area (Å²) in [5.41, 5.74) is 0. The molecule has 0 aromatic carbocycles. The van der Waals surface area contributed by atoms with Crippen LogP contribution in [0.15, 0.2) is 0 Å². The molecule has 0 aliphatic rings. The molecule has 0 heterocycles. The molecule has 1 unspecified atom stereocenters. The van der Waals surface area contributed by atoms with Gasteiger partial charge >= 0.3 is 12.4 Å². The van der Waals surface area contributed by atoms with E-state index in [-0.39, 0.29) is 6.42 Å². The first-order chi connectivity index (χ1) is 11.8. The largest absolute Gasteiger partial charge is 0.443 e. The Morgan fingerprint density at radius 2 is 1.12 bits per heavy atom. The summed E-state index contributed by atoms with van der Waals surface area (Å²) in [4.78, 5) is 0. The topological polar surface area (TPSA) is 18.5 Å². The predicted molar refractivity (Wildman–Crippen MR) is 88.8 cm³/mol. The summed E-state index contributed by atoms with van der Waals surface area (Å²) in [5, 5.41) is 0. The fourth-order valence-corrected chi connectivity index (χ4v) is 2.92. The van der Waals surface area contributed by atoms with Gasteiger partial charge in [-0.25, -0.2) is 0 Å². The van der Waals surface area contributed by atoms with Gasteiger partial charge in [0.25, 0.3) is 5.79 Å². The molecule has 0 fully saturated rings. The van der Waals surface area contributed by atoms with Gasteiger partial charge in [-0.05, 0) is 34.1 Å². The Morgan fingerprint density at radius 1 is 0.692 bits per heavy atom. The zero-order valence-corrected chi connectivity index (χ0v) is 16.3. The second-order valence-electron chi connectivity index (χ2n) is 7.15. The predicted octanol–water partition coefficient (Wildman–Crippen LogP) is 7.02. The molecule has 0 amide bonds. The number of unbranched alkanes of at least 4 members (excludes halogenated alkanes) is 5. The highest BCUT2D eigenvalue weighted by molar-refractivity contribution is 4.92. The molecule has 1 atom stereocenters. The summed E-state index contributed by atoms with van der Waals surface area (Å²) in [6.45, 7) is 7.07. The lowest BCUT2D eigenvalue weighted by molar-refractivity contribution is -0.442. The van der Waals surface area contributed by atoms with Crippen molar-refractivity contribution in [1.29, 1.82) is 0 Å². The van der Waals surface area contributed by atoms with Gasteiger partial charge in [-0.1, -0.05) is 45.4 Å². The maximum atomic E-state index is 13.8. The highest BCUT2D eigenvalue weighted by atomic mass is 19.4. The summed E-state index contributed by atoms with van der Waals surface area (Å²) in [5.74, 6) is -6.47. The van der Waals surface area contributed by atoms with Gasteiger partial charge in [0.1, 0.15) is 5.92 Å². The van der Waals surface area contributed by atoms with Crippen molar-refractivity contribution in [1.82, 2.24) is 0 Å². The van der Waals surface area contributed by atoms with Crippen LogP contribution < -0.4 is 0 Å². The van der Waals surface area contributed by atoms with Crippen LogP contribution in [0.3, 0.4) is 0 Å². The SMILES string of the molecule is CCCCCCCCC(C(F)(F)F)C(OC(C)C)(OC(C)C)C(F)(F)F. The highest BCUT2D eigenvalue weighted by Gasteiger charge is 2.69. The summed E-state index contributed by atoms with van der Waals surface area (Å²) < 4.78 is 91.9. The zero-order valence-electron chi connectivity index (χ0n) is 16.3. The van der Waals surface area contributed by atoms with E-state index in [0.717, 1.165) is 19.3 Å². The van der Waals surface area contributed by atoms with Gasteiger partial charge in [-0.3, -0.25) is 0 Å². The minimum atomic E-state index is -5.32. The fourth-order valence-electron chi connectivity index (χ4n) is 2.92. The molecule has 0 spiro atoms. The van der Waals surface area contributed by atoms with Gasteiger partial charge in [-0.15, -0.1) is 0 Å². The molecule has 0 radical (unpaired) electrons. The van der Waals surface area contributed by atoms with Crippen LogP contribution in [-0.2, 0) is 9.47 Å². The lowest BCUT2D eigenvalue weighted by Gasteiger charge is -2.44. The highest BCUT2D eigenvalue weighted by Crippen LogP contribution is 2.50. The molecule has 2 nitrogen and oxygen atoms in total. The van der Waals surface area contributed by atoms with Crippen LogP contribution in [0.2, 0.25) is 0 Å². The Balaban J connectivity index is 5.58. The van der Waals surface area contributed by atoms with Crippen molar-refractivity contribution in [3.63, 3.8) is 0 Å². The summed E-state index contributed by atoms with van der Waals surface area (Å²) >= 11 is 0. The van der Waals surface area contributed by atoms with E-state index in [1.807, 2.05) is 6.92 Å². The van der Waals surface area contributed by atoms with Gasteiger partial charge in [0.15, 0.2) is 0 Å². The zero-order chi connectivity index (χ0) is 20.6. The first-order valence-corrected chi connectivity index (χ1v) is 9.27. The molecule has 0 aromatic heterocycles. The Bertz CT molecular complexity index is 367. The average Bonchev–Trinajstić information content (AvgIpc) is 2.42. The van der Waals surface area contributed by atoms with Crippen molar-refractivity contribution < 1.29 is 35.8 Å². The third kappa shape index (κ3) is 8.03. The van der Waals surface area contributed by atoms with Gasteiger partial charge in [0.2, 0.25) is 0 Å². The maximum Gasteiger partial charge on any atom is 0.443 e. The van der Waals surface area contributed by atoms with Crippen LogP contribution in [0, 0.1) is 5.92 Å². The molecule has 26 heavy (non-hydrogen) atoms. The summed E-state index contributed by atoms with van der Waals surface area (Å²) in [6.07, 6.45) is -9.26. The number of ether oxygens (including phenoxy) is 2. The number of hydrogen-bond acceptors (Lipinski definition) is 2. The molecule has 0 rings (SSSR count). The molecule has 158 valence electrons. The third-order valence-electron chi connectivity index (χ3n) is 3.92. The number of halogens is 6. The minimum absolute atomic E-state index is 0.0363. The Kier molecular flexibility index (Phi) is 10.5. The van der Waals surface area contributed by atoms with Crippen LogP contribution >= 0.6 is 0 Å². The molecule has 0 N–H and O–H groups in total. The normalized spacial score (nSPS) is 15.1. The van der Waals surface area contributed by atoms with Gasteiger partial charge < -0.3 is 9.47 Å². The van der Waals surface area contributed by atoms with E-state index in [4.69, 9.17) is 9.47 Å². The quantitative estimate of drug-likeness (QED) is 0.201. The minimum Gasteiger partial charge on any atom is -0.339 e. The molecule has 0 aliphatic carbocycles. The molecular formula is C18H32F6O2. The van der Waals surface area contributed by atoms with Crippen molar-refractivity contribution >= 4 is 0 Å². The summed E-state index contributed by atoms with van der Waals surface area (Å²) in [7, 11) is 0. The van der Waals surface area contributed by atoms with Crippen LogP contribution in [0.1, 0.15) is 79.6 Å². The first-order valence-electron chi connectivity index (χ1n) is 9.27. The summed E-state index contributed by atoms with van der Waals surface area (Å²) in [6, 6.07) is 0. The van der Waals surface area contributed by atoms with Crippen LogP contribution in [0.4, 0.5) is 26.3 Å². The van der Waals surface area contributed by atoms with E-state index < -0.39 is 42.7 Å². The molecular weight excluding hydrogens is 362 g/mol. The third-order valence-corrected chi connectivity index (χ3v) is 3.92. The molecule has 0 saturated carbocycles. The van der Waals surface area contributed by atoms with E-state index in [0.29, 0.717) is 12.8 Å². The first kappa shape index (κ1) is 25.5. The lowest BCUT2D eigenvalue weighted by Crippen LogP contribution is -2.61. The molecule has 0 aromatic rings. The second kappa shape index (κ2) is 10.7. The fraction of sp³-hybridized carbons (Fsp3) is 1.00. The van der Waals surface area contributed by atoms with Crippen LogP contribution in [-0.4, -0.2) is 30.3 Å². The number of rotatable bonds is 12. The molecule has 0 aliphatic heterocycles. The molecule has 8 heteroatoms. The standard InChI is InChI=1S/C18H32F6O2/c1-6-7-8-9-10-11-12-15(17(19,20)21)16(18(22,23)24,25-13(2)3)26-14(4)5/h13-15H,6-12H2,1-5H3. The average molecular weight is 394 g/mol. The van der Waals surface area contributed by atoms with Gasteiger partial charge in [0.05, 0.1) is 12.2 Å². The van der Waals surface area contributed by atoms with Crippen LogP contribution in [0.25, 0.3) is 0 Å². The van der Waals surface area contributed by atoms with E-state index in [9.17, 15) is 26.3 Å². The Hall–Kier alpha value is -0.500. The lowest BCUT2D eigenvalue weighted by atomic mass is 9.89. The monoisotopic (exact) mass is 394 g/mol. The molecule has 0 saturated heterocycles. The van der Waals surface area contributed by atoms with Gasteiger partial charge in [0, 0.05) is 0 Å². The van der Waals surface area contributed by atoms with E-state index in [1.54, 1.807) is 0 Å². The Morgan fingerprint density at radius 3 is 1.46 bits per heavy atom. The van der Waals surface area contributed by atoms with Crippen molar-refractivity contribution in [2.75, 3.05) is 0 Å². The van der Waals surface area contributed by atoms with E-state index >= 15 is 0 Å². The van der Waals surface area contributed by atoms with Crippen molar-refractivity contribution in [3.8, 4) is 0 Å². The maximum absolute atomic E-state index is 13.8. The Labute approximate surface area is 152 Å². The van der Waals surface area contributed by atoms with Crippen LogP contribution in [0.5, 0.6) is 0 Å². The smallest absolute Gasteiger partial charge is 0.339 e. The second-order valence-corrected chi connectivity index (χ2v) is 7.15. The number of alkyl halides is 6. The van der Waals surface area contributed by atoms with Crippen molar-refractivity contribution in [2.24, 2.45) is 5.92 Å². The van der Waals surface area contributed by atoms with Gasteiger partial charge in [-0.2, -0.15) is 26.3 Å². The van der Waals surface area contributed by atoms with E-state index in [2.05, 4.69) is 0 Å². The number of hydrogen-bond donors (Lipinski definition) is 0. The van der Waals surface area contributed by atoms with Crippen molar-refractivity contribution in [3.05, 3.63) is 0 Å².